The van der Waals surface area contributed by atoms with E-state index < -0.39 is 5.60 Å². The van der Waals surface area contributed by atoms with Crippen molar-refractivity contribution >= 4 is 83.7 Å². The van der Waals surface area contributed by atoms with Gasteiger partial charge in [0.1, 0.15) is 23.1 Å². The van der Waals surface area contributed by atoms with E-state index in [1.54, 1.807) is 35.4 Å². The van der Waals surface area contributed by atoms with E-state index in [0.29, 0.717) is 71.6 Å². The van der Waals surface area contributed by atoms with Gasteiger partial charge in [-0.25, -0.2) is 18.0 Å². The van der Waals surface area contributed by atoms with Crippen LogP contribution in [0.15, 0.2) is 60.8 Å². The Morgan fingerprint density at radius 1 is 0.570 bits per heavy atom. The highest BCUT2D eigenvalue weighted by atomic mass is 35.5. The summed E-state index contributed by atoms with van der Waals surface area (Å²) in [6.07, 6.45) is 16.2. The van der Waals surface area contributed by atoms with Gasteiger partial charge < -0.3 is 24.8 Å². The number of hydrogen-bond donors (Lipinski definition) is 4. The lowest BCUT2D eigenvalue weighted by Gasteiger charge is -2.32. The van der Waals surface area contributed by atoms with Gasteiger partial charge in [0.05, 0.1) is 12.7 Å². The van der Waals surface area contributed by atoms with Crippen molar-refractivity contribution in [2.24, 2.45) is 0 Å². The fourth-order valence-electron chi connectivity index (χ4n) is 11.7. The van der Waals surface area contributed by atoms with Gasteiger partial charge in [0.15, 0.2) is 11.4 Å². The number of rotatable bonds is 5. The minimum Gasteiger partial charge on any atom is -0.444 e. The van der Waals surface area contributed by atoms with Crippen molar-refractivity contribution in [1.82, 2.24) is 50.6 Å². The predicted molar refractivity (Wildman–Crippen MR) is 330 cm³/mol. The zero-order valence-electron chi connectivity index (χ0n) is 48.0. The molecule has 3 aromatic heterocycles. The Morgan fingerprint density at radius 2 is 0.965 bits per heavy atom. The van der Waals surface area contributed by atoms with Crippen LogP contribution in [0.2, 0.25) is 15.1 Å². The average molecular weight is 1290 g/mol. The van der Waals surface area contributed by atoms with E-state index >= 15 is 0 Å². The van der Waals surface area contributed by atoms with Crippen molar-refractivity contribution in [2.75, 3.05) is 45.8 Å². The maximum Gasteiger partial charge on any atom is 0.410 e. The number of H-pyrrole nitrogens is 3. The second kappa shape index (κ2) is 33.4. The van der Waals surface area contributed by atoms with Gasteiger partial charge in [-0.05, 0) is 213 Å². The number of amides is 3. The third-order valence-electron chi connectivity index (χ3n) is 16.1. The number of halogens is 8. The van der Waals surface area contributed by atoms with E-state index in [2.05, 4.69) is 35.9 Å². The Balaban J connectivity index is 0.000000209. The van der Waals surface area contributed by atoms with Gasteiger partial charge in [0, 0.05) is 88.0 Å². The molecule has 12 rings (SSSR count). The number of fused-ring (bicyclic) bond motifs is 3. The molecule has 0 unspecified atom stereocenters. The SMILES string of the molecule is C.CC(C)(C)OC(=O)N1CCc2[nH]ncc2C1.Cl.Cl.Fc1ccc(Cl)c(C2CCNCC2)c1.O=C(c1n[nH]c2c1CCCC2)N1CCC(c2cc(F)ccc2Cl)CC1.O=C(c1n[nH]c2c1CCCC2)N1CCC(c2cc(F)ccc2Cl)CC1.O=C=O. The van der Waals surface area contributed by atoms with Crippen molar-refractivity contribution in [2.45, 2.75) is 154 Å². The Morgan fingerprint density at radius 3 is 1.37 bits per heavy atom. The fourth-order valence-corrected chi connectivity index (χ4v) is 12.5. The second-order valence-electron chi connectivity index (χ2n) is 22.7. The highest BCUT2D eigenvalue weighted by molar-refractivity contribution is 6.32. The number of aromatic amines is 3. The topological polar surface area (TPSA) is 202 Å². The molecule has 0 radical (unpaired) electrons. The van der Waals surface area contributed by atoms with Crippen LogP contribution in [-0.2, 0) is 53.0 Å². The molecule has 4 N–H and O–H groups in total. The number of benzene rings is 3. The quantitative estimate of drug-likeness (QED) is 0.129. The van der Waals surface area contributed by atoms with Crippen molar-refractivity contribution in [1.29, 1.82) is 0 Å². The molecule has 4 aliphatic heterocycles. The Bertz CT molecular complexity index is 3080. The number of hydrogen-bond acceptors (Lipinski definition) is 10. The van der Waals surface area contributed by atoms with E-state index in [9.17, 15) is 27.6 Å². The molecule has 0 bridgehead atoms. The molecule has 0 saturated carbocycles. The molecule has 86 heavy (non-hydrogen) atoms. The summed E-state index contributed by atoms with van der Waals surface area (Å²) in [6.45, 7) is 11.5. The van der Waals surface area contributed by atoms with Crippen LogP contribution in [0.5, 0.6) is 0 Å². The Labute approximate surface area is 528 Å². The average Bonchev–Trinajstić information content (AvgIpc) is 2.42. The smallest absolute Gasteiger partial charge is 0.410 e. The van der Waals surface area contributed by atoms with Crippen molar-refractivity contribution in [3.63, 3.8) is 0 Å². The first-order chi connectivity index (χ1) is 39.9. The summed E-state index contributed by atoms with van der Waals surface area (Å²) < 4.78 is 45.4. The van der Waals surface area contributed by atoms with Crippen LogP contribution in [0.25, 0.3) is 0 Å². The Hall–Kier alpha value is -5.92. The van der Waals surface area contributed by atoms with Crippen LogP contribution >= 0.6 is 59.6 Å². The molecule has 3 saturated heterocycles. The first-order valence-electron chi connectivity index (χ1n) is 28.7. The van der Waals surface area contributed by atoms with E-state index in [4.69, 9.17) is 49.1 Å². The molecule has 24 heteroatoms. The maximum absolute atomic E-state index is 13.5. The monoisotopic (exact) mass is 1290 g/mol. The number of nitrogens with one attached hydrogen (secondary N) is 4. The number of nitrogens with zero attached hydrogens (tertiary/aromatic N) is 6. The first-order valence-corrected chi connectivity index (χ1v) is 29.8. The van der Waals surface area contributed by atoms with Crippen LogP contribution in [0, 0.1) is 17.5 Å². The van der Waals surface area contributed by atoms with Gasteiger partial charge in [-0.1, -0.05) is 42.2 Å². The molecule has 6 aromatic rings. The molecule has 3 aromatic carbocycles. The zero-order chi connectivity index (χ0) is 59.2. The summed E-state index contributed by atoms with van der Waals surface area (Å²) in [5.41, 5.74) is 10.1. The highest BCUT2D eigenvalue weighted by Gasteiger charge is 2.33. The van der Waals surface area contributed by atoms with Gasteiger partial charge in [0.25, 0.3) is 11.8 Å². The van der Waals surface area contributed by atoms with Gasteiger partial charge in [-0.2, -0.15) is 24.9 Å². The molecule has 468 valence electrons. The van der Waals surface area contributed by atoms with Crippen molar-refractivity contribution in [3.05, 3.63) is 155 Å². The van der Waals surface area contributed by atoms with Crippen molar-refractivity contribution < 1.29 is 41.9 Å². The molecule has 0 spiro atoms. The summed E-state index contributed by atoms with van der Waals surface area (Å²) in [5, 5.41) is 26.7. The number of carbonyl (C=O) groups excluding carboxylic acids is 5. The third kappa shape index (κ3) is 18.8. The van der Waals surface area contributed by atoms with Crippen LogP contribution in [0.3, 0.4) is 0 Å². The summed E-state index contributed by atoms with van der Waals surface area (Å²) in [6, 6.07) is 13.7. The highest BCUT2D eigenvalue weighted by Crippen LogP contribution is 2.37. The van der Waals surface area contributed by atoms with Crippen LogP contribution in [0.4, 0.5) is 18.0 Å². The molecule has 0 atom stereocenters. The minimum atomic E-state index is -0.437. The Kier molecular flexibility index (Phi) is 27.5. The van der Waals surface area contributed by atoms with E-state index in [1.165, 1.54) is 30.3 Å². The molecule has 3 fully saturated rings. The number of carbonyl (C=O) groups is 3. The lowest BCUT2D eigenvalue weighted by atomic mass is 9.89. The zero-order valence-corrected chi connectivity index (χ0v) is 51.9. The van der Waals surface area contributed by atoms with Gasteiger partial charge in [0.2, 0.25) is 0 Å². The number of likely N-dealkylation sites (tertiary alicyclic amines) is 2. The normalized spacial score (nSPS) is 16.6. The maximum atomic E-state index is 13.5. The largest absolute Gasteiger partial charge is 0.444 e. The molecule has 6 aliphatic rings. The standard InChI is InChI=1S/2C19H21ClFN3O.C11H13ClFN.C11H17N3O2.CO2.CH4.2ClH/c2*20-16-6-5-13(21)11-15(16)12-7-9-24(10-8-12)19(25)18-14-3-1-2-4-17(14)22-23-18;12-11-2-1-9(13)7-10(11)8-3-5-14-6-4-8;1-11(2,3)16-10(15)14-5-4-9-8(7-14)6-12-13-9;2-1-3;;;/h2*5-6,11-12H,1-4,7-10H2,(H,22,23);1-2,7-8,14H,3-6H2;6H,4-5,7H2,1-3H3,(H,12,13);;1H4;2*1H. The second-order valence-corrected chi connectivity index (χ2v) is 24.0. The predicted octanol–water partition coefficient (Wildman–Crippen LogP) is 13.7. The third-order valence-corrected chi connectivity index (χ3v) is 17.1. The number of piperidine rings is 3. The van der Waals surface area contributed by atoms with Crippen LogP contribution < -0.4 is 5.32 Å². The molecular weight excluding hydrogens is 1220 g/mol. The number of aryl methyl sites for hydroxylation is 2. The van der Waals surface area contributed by atoms with Gasteiger partial charge in [-0.15, -0.1) is 24.8 Å². The van der Waals surface area contributed by atoms with E-state index in [-0.39, 0.29) is 85.6 Å². The first kappa shape index (κ1) is 70.8. The van der Waals surface area contributed by atoms with Crippen molar-refractivity contribution in [3.8, 4) is 0 Å². The summed E-state index contributed by atoms with van der Waals surface area (Å²) in [5.74, 6) is 0.122. The minimum absolute atomic E-state index is 0. The van der Waals surface area contributed by atoms with Gasteiger partial charge in [-0.3, -0.25) is 24.9 Å². The summed E-state index contributed by atoms with van der Waals surface area (Å²) in [4.78, 5) is 59.2. The molecule has 7 heterocycles. The molecule has 16 nitrogen and oxygen atoms in total. The number of ether oxygens (including phenoxy) is 1. The molecule has 2 aliphatic carbocycles. The fraction of sp³-hybridized carbons (Fsp3) is 0.500. The van der Waals surface area contributed by atoms with E-state index in [0.717, 1.165) is 160 Å². The van der Waals surface area contributed by atoms with E-state index in [1.807, 2.05) is 30.6 Å². The van der Waals surface area contributed by atoms with Gasteiger partial charge >= 0.3 is 12.2 Å². The number of aromatic nitrogens is 6. The molecule has 3 amide bonds. The van der Waals surface area contributed by atoms with Crippen LogP contribution in [0.1, 0.15) is 182 Å². The van der Waals surface area contributed by atoms with Crippen LogP contribution in [-0.4, -0.2) is 121 Å². The lowest BCUT2D eigenvalue weighted by molar-refractivity contribution is -0.191. The summed E-state index contributed by atoms with van der Waals surface area (Å²) in [7, 11) is 0. The summed E-state index contributed by atoms with van der Waals surface area (Å²) >= 11 is 18.5. The molecular formula is C62H78Cl5F3N10O6. The lowest BCUT2D eigenvalue weighted by Crippen LogP contribution is -2.39.